The van der Waals surface area contributed by atoms with E-state index in [1.54, 1.807) is 6.07 Å². The molecule has 108 valence electrons. The number of fused-ring (bicyclic) bond motifs is 1. The number of carbonyl (C=O) groups is 1. The summed E-state index contributed by atoms with van der Waals surface area (Å²) >= 11 is 3.40. The first-order valence-corrected chi connectivity index (χ1v) is 7.13. The van der Waals surface area contributed by atoms with Crippen molar-refractivity contribution in [1.82, 2.24) is 10.3 Å². The first-order valence-electron chi connectivity index (χ1n) is 6.33. The van der Waals surface area contributed by atoms with E-state index in [0.717, 1.165) is 15.4 Å². The molecule has 0 bridgehead atoms. The summed E-state index contributed by atoms with van der Waals surface area (Å²) in [4.78, 5) is 15.0. The molecule has 1 aromatic heterocycles. The van der Waals surface area contributed by atoms with Gasteiger partial charge in [-0.2, -0.15) is 0 Å². The summed E-state index contributed by atoms with van der Waals surface area (Å²) in [6, 6.07) is 7.59. The van der Waals surface area contributed by atoms with Gasteiger partial charge in [-0.15, -0.1) is 0 Å². The number of methoxy groups -OCH3 is 1. The van der Waals surface area contributed by atoms with Crippen molar-refractivity contribution in [3.8, 4) is 0 Å². The van der Waals surface area contributed by atoms with Crippen LogP contribution in [0.15, 0.2) is 28.7 Å². The van der Waals surface area contributed by atoms with Gasteiger partial charge in [-0.1, -0.05) is 15.9 Å². The van der Waals surface area contributed by atoms with Gasteiger partial charge in [0.25, 0.3) is 5.91 Å². The third-order valence-corrected chi connectivity index (χ3v) is 3.44. The molecule has 0 fully saturated rings. The van der Waals surface area contributed by atoms with Crippen LogP contribution >= 0.6 is 15.9 Å². The number of ether oxygens (including phenoxy) is 1. The Morgan fingerprint density at radius 1 is 1.50 bits per heavy atom. The average Bonchev–Trinajstić information content (AvgIpc) is 2.82. The van der Waals surface area contributed by atoms with Gasteiger partial charge in [-0.25, -0.2) is 0 Å². The number of H-pyrrole nitrogens is 1. The molecule has 0 aliphatic heterocycles. The molecule has 0 aliphatic rings. The Balaban J connectivity index is 1.94. The monoisotopic (exact) mass is 340 g/mol. The number of hydrogen-bond donors (Lipinski definition) is 3. The highest BCUT2D eigenvalue weighted by molar-refractivity contribution is 9.10. The van der Waals surface area contributed by atoms with Crippen LogP contribution in [0.1, 0.15) is 16.9 Å². The van der Waals surface area contributed by atoms with E-state index in [9.17, 15) is 9.90 Å². The first kappa shape index (κ1) is 15.0. The zero-order valence-corrected chi connectivity index (χ0v) is 12.7. The maximum absolute atomic E-state index is 12.0. The molecule has 5 nitrogen and oxygen atoms in total. The average molecular weight is 341 g/mol. The second kappa shape index (κ2) is 6.88. The fraction of sp³-hybridized carbons (Fsp3) is 0.357. The molecule has 2 aromatic rings. The molecular formula is C14H17BrN2O3. The van der Waals surface area contributed by atoms with Crippen molar-refractivity contribution in [2.24, 2.45) is 0 Å². The molecule has 3 N–H and O–H groups in total. The molecule has 0 saturated heterocycles. The Kier molecular flexibility index (Phi) is 5.17. The molecular weight excluding hydrogens is 324 g/mol. The third kappa shape index (κ3) is 3.82. The minimum absolute atomic E-state index is 0.179. The van der Waals surface area contributed by atoms with Crippen molar-refractivity contribution in [1.29, 1.82) is 0 Å². The van der Waals surface area contributed by atoms with Gasteiger partial charge in [0.1, 0.15) is 5.69 Å². The maximum atomic E-state index is 12.0. The van der Waals surface area contributed by atoms with Crippen LogP contribution in [0.3, 0.4) is 0 Å². The largest absolute Gasteiger partial charge is 0.391 e. The lowest BCUT2D eigenvalue weighted by Gasteiger charge is -2.09. The van der Waals surface area contributed by atoms with E-state index in [0.29, 0.717) is 18.7 Å². The highest BCUT2D eigenvalue weighted by atomic mass is 79.9. The predicted octanol–water partition coefficient (Wildman–Crippen LogP) is 2.06. The smallest absolute Gasteiger partial charge is 0.267 e. The van der Waals surface area contributed by atoms with Gasteiger partial charge < -0.3 is 20.1 Å². The molecule has 1 heterocycles. The number of benzene rings is 1. The SMILES string of the molecule is COCC(O)CCNC(=O)c1cc2cc(Br)ccc2[nH]1. The first-order chi connectivity index (χ1) is 9.60. The zero-order chi connectivity index (χ0) is 14.5. The maximum Gasteiger partial charge on any atom is 0.267 e. The fourth-order valence-electron chi connectivity index (χ4n) is 1.95. The van der Waals surface area contributed by atoms with E-state index in [4.69, 9.17) is 4.74 Å². The van der Waals surface area contributed by atoms with Gasteiger partial charge in [0.2, 0.25) is 0 Å². The van der Waals surface area contributed by atoms with Gasteiger partial charge in [0.05, 0.1) is 12.7 Å². The van der Waals surface area contributed by atoms with Crippen LogP contribution in [0.5, 0.6) is 0 Å². The Bertz CT molecular complexity index is 597. The molecule has 1 amide bonds. The highest BCUT2D eigenvalue weighted by Gasteiger charge is 2.10. The summed E-state index contributed by atoms with van der Waals surface area (Å²) in [6.07, 6.45) is -0.0929. The number of nitrogens with one attached hydrogen (secondary N) is 2. The van der Waals surface area contributed by atoms with Gasteiger partial charge in [0, 0.05) is 29.0 Å². The van der Waals surface area contributed by atoms with Crippen molar-refractivity contribution in [3.05, 3.63) is 34.4 Å². The molecule has 0 spiro atoms. The molecule has 20 heavy (non-hydrogen) atoms. The summed E-state index contributed by atoms with van der Waals surface area (Å²) < 4.78 is 5.79. The second-order valence-corrected chi connectivity index (χ2v) is 5.48. The van der Waals surface area contributed by atoms with Crippen molar-refractivity contribution in [2.45, 2.75) is 12.5 Å². The van der Waals surface area contributed by atoms with Crippen molar-refractivity contribution in [2.75, 3.05) is 20.3 Å². The topological polar surface area (TPSA) is 74.3 Å². The lowest BCUT2D eigenvalue weighted by molar-refractivity contribution is 0.0587. The summed E-state index contributed by atoms with van der Waals surface area (Å²) in [5, 5.41) is 13.2. The Hall–Kier alpha value is -1.37. The Morgan fingerprint density at radius 3 is 3.05 bits per heavy atom. The molecule has 1 atom stereocenters. The molecule has 1 unspecified atom stereocenters. The standard InChI is InChI=1S/C14H17BrN2O3/c1-20-8-11(18)4-5-16-14(19)13-7-9-6-10(15)2-3-12(9)17-13/h2-3,6-7,11,17-18H,4-5,8H2,1H3,(H,16,19). The zero-order valence-electron chi connectivity index (χ0n) is 11.1. The van der Waals surface area contributed by atoms with Crippen LogP contribution in [0.2, 0.25) is 0 Å². The van der Waals surface area contributed by atoms with Gasteiger partial charge in [-0.3, -0.25) is 4.79 Å². The number of amides is 1. The number of hydrogen-bond acceptors (Lipinski definition) is 3. The number of carbonyl (C=O) groups excluding carboxylic acids is 1. The van der Waals surface area contributed by atoms with Gasteiger partial charge in [-0.05, 0) is 30.7 Å². The number of rotatable bonds is 6. The van der Waals surface area contributed by atoms with Crippen molar-refractivity contribution in [3.63, 3.8) is 0 Å². The summed E-state index contributed by atoms with van der Waals surface area (Å²) in [5.74, 6) is -0.179. The van der Waals surface area contributed by atoms with E-state index >= 15 is 0 Å². The molecule has 1 aromatic carbocycles. The normalized spacial score (nSPS) is 12.6. The van der Waals surface area contributed by atoms with Gasteiger partial charge in [0.15, 0.2) is 0 Å². The quantitative estimate of drug-likeness (QED) is 0.753. The number of aromatic amines is 1. The summed E-state index contributed by atoms with van der Waals surface area (Å²) in [5.41, 5.74) is 1.43. The van der Waals surface area contributed by atoms with Crippen LogP contribution in [0.25, 0.3) is 10.9 Å². The van der Waals surface area contributed by atoms with Crippen LogP contribution < -0.4 is 5.32 Å². The predicted molar refractivity (Wildman–Crippen MR) is 80.8 cm³/mol. The lowest BCUT2D eigenvalue weighted by Crippen LogP contribution is -2.28. The van der Waals surface area contributed by atoms with E-state index in [2.05, 4.69) is 26.2 Å². The van der Waals surface area contributed by atoms with Crippen LogP contribution in [-0.2, 0) is 4.74 Å². The fourth-order valence-corrected chi connectivity index (χ4v) is 2.33. The summed E-state index contributed by atoms with van der Waals surface area (Å²) in [6.45, 7) is 0.679. The number of halogens is 1. The van der Waals surface area contributed by atoms with Crippen LogP contribution in [0.4, 0.5) is 0 Å². The van der Waals surface area contributed by atoms with E-state index in [-0.39, 0.29) is 12.5 Å². The van der Waals surface area contributed by atoms with E-state index < -0.39 is 6.10 Å². The summed E-state index contributed by atoms with van der Waals surface area (Å²) in [7, 11) is 1.53. The van der Waals surface area contributed by atoms with E-state index in [1.807, 2.05) is 18.2 Å². The van der Waals surface area contributed by atoms with E-state index in [1.165, 1.54) is 7.11 Å². The minimum Gasteiger partial charge on any atom is -0.391 e. The number of aliphatic hydroxyl groups is 1. The number of aliphatic hydroxyl groups excluding tert-OH is 1. The molecule has 0 aliphatic carbocycles. The van der Waals surface area contributed by atoms with Crippen molar-refractivity contribution >= 4 is 32.7 Å². The third-order valence-electron chi connectivity index (χ3n) is 2.95. The number of aromatic nitrogens is 1. The Labute approximate surface area is 125 Å². The second-order valence-electron chi connectivity index (χ2n) is 4.57. The minimum atomic E-state index is -0.557. The van der Waals surface area contributed by atoms with Crippen LogP contribution in [-0.4, -0.2) is 42.4 Å². The molecule has 6 heteroatoms. The lowest BCUT2D eigenvalue weighted by atomic mass is 10.2. The highest BCUT2D eigenvalue weighted by Crippen LogP contribution is 2.20. The Morgan fingerprint density at radius 2 is 2.30 bits per heavy atom. The van der Waals surface area contributed by atoms with Crippen molar-refractivity contribution < 1.29 is 14.6 Å². The molecule has 0 radical (unpaired) electrons. The van der Waals surface area contributed by atoms with Crippen LogP contribution in [0, 0.1) is 0 Å². The van der Waals surface area contributed by atoms with Gasteiger partial charge >= 0.3 is 0 Å². The molecule has 2 rings (SSSR count). The molecule has 0 saturated carbocycles.